The maximum atomic E-state index is 11.7. The molecule has 0 aromatic carbocycles. The molecule has 0 spiro atoms. The van der Waals surface area contributed by atoms with E-state index in [-0.39, 0.29) is 12.0 Å². The van der Waals surface area contributed by atoms with E-state index >= 15 is 0 Å². The fraction of sp³-hybridized carbons (Fsp3) is 0.933. The van der Waals surface area contributed by atoms with Gasteiger partial charge in [0, 0.05) is 13.1 Å². The maximum absolute atomic E-state index is 11.7. The van der Waals surface area contributed by atoms with Gasteiger partial charge in [-0.25, -0.2) is 0 Å². The number of esters is 1. The second-order valence-electron chi connectivity index (χ2n) is 5.56. The number of carbonyl (C=O) groups excluding carboxylic acids is 1. The zero-order chi connectivity index (χ0) is 14.1. The van der Waals surface area contributed by atoms with Gasteiger partial charge in [0.05, 0.1) is 7.11 Å². The molecule has 0 radical (unpaired) electrons. The summed E-state index contributed by atoms with van der Waals surface area (Å²) in [7, 11) is 1.47. The fourth-order valence-corrected chi connectivity index (χ4v) is 2.84. The van der Waals surface area contributed by atoms with Crippen LogP contribution >= 0.6 is 0 Å². The van der Waals surface area contributed by atoms with E-state index in [0.717, 1.165) is 31.8 Å². The van der Waals surface area contributed by atoms with Gasteiger partial charge in [-0.3, -0.25) is 4.79 Å². The summed E-state index contributed by atoms with van der Waals surface area (Å²) in [5.41, 5.74) is 0. The Labute approximate surface area is 117 Å². The molecule has 1 N–H and O–H groups in total. The minimum atomic E-state index is -0.143. The molecule has 0 amide bonds. The third kappa shape index (κ3) is 5.91. The summed E-state index contributed by atoms with van der Waals surface area (Å²) in [6.07, 6.45) is 5.83. The van der Waals surface area contributed by atoms with E-state index < -0.39 is 0 Å². The number of likely N-dealkylation sites (tertiary alicyclic amines) is 1. The van der Waals surface area contributed by atoms with Crippen LogP contribution in [-0.4, -0.2) is 50.2 Å². The molecule has 2 atom stereocenters. The van der Waals surface area contributed by atoms with Gasteiger partial charge in [0.15, 0.2) is 0 Å². The van der Waals surface area contributed by atoms with Gasteiger partial charge in [0.25, 0.3) is 0 Å². The average Bonchev–Trinajstić information content (AvgIpc) is 2.86. The van der Waals surface area contributed by atoms with Gasteiger partial charge in [-0.15, -0.1) is 0 Å². The van der Waals surface area contributed by atoms with Crippen LogP contribution in [0.5, 0.6) is 0 Å². The Hall–Kier alpha value is -0.610. The molecule has 0 aromatic rings. The van der Waals surface area contributed by atoms with Crippen LogP contribution in [-0.2, 0) is 9.53 Å². The summed E-state index contributed by atoms with van der Waals surface area (Å²) < 4.78 is 4.86. The molecular weight excluding hydrogens is 240 g/mol. The van der Waals surface area contributed by atoms with E-state index in [1.54, 1.807) is 0 Å². The monoisotopic (exact) mass is 270 g/mol. The first-order chi connectivity index (χ1) is 9.21. The van der Waals surface area contributed by atoms with Crippen molar-refractivity contribution in [2.45, 2.75) is 52.0 Å². The molecule has 1 aliphatic heterocycles. The minimum absolute atomic E-state index is 0.127. The lowest BCUT2D eigenvalue weighted by molar-refractivity contribution is -0.143. The quantitative estimate of drug-likeness (QED) is 0.651. The molecule has 0 bridgehead atoms. The number of nitrogens with zero attached hydrogens (tertiary/aromatic N) is 1. The van der Waals surface area contributed by atoms with Crippen LogP contribution in [0.3, 0.4) is 0 Å². The Morgan fingerprint density at radius 2 is 2.21 bits per heavy atom. The number of methoxy groups -OCH3 is 1. The van der Waals surface area contributed by atoms with Gasteiger partial charge in [-0.05, 0) is 44.7 Å². The van der Waals surface area contributed by atoms with Crippen LogP contribution in [0.1, 0.15) is 46.0 Å². The summed E-state index contributed by atoms with van der Waals surface area (Å²) in [5.74, 6) is 0.739. The molecule has 1 aliphatic rings. The number of hydrogen-bond donors (Lipinski definition) is 1. The highest BCUT2D eigenvalue weighted by molar-refractivity contribution is 5.75. The van der Waals surface area contributed by atoms with Gasteiger partial charge in [0.2, 0.25) is 0 Å². The third-order valence-corrected chi connectivity index (χ3v) is 3.93. The molecule has 2 unspecified atom stereocenters. The van der Waals surface area contributed by atoms with Crippen molar-refractivity contribution >= 4 is 5.97 Å². The Morgan fingerprint density at radius 3 is 2.84 bits per heavy atom. The second-order valence-corrected chi connectivity index (χ2v) is 5.56. The predicted octanol–water partition coefficient (Wildman–Crippen LogP) is 2.04. The molecule has 0 aliphatic carbocycles. The number of nitrogens with one attached hydrogen (secondary N) is 1. The largest absolute Gasteiger partial charge is 0.468 e. The molecule has 1 rings (SSSR count). The lowest BCUT2D eigenvalue weighted by Crippen LogP contribution is -2.40. The summed E-state index contributed by atoms with van der Waals surface area (Å²) in [4.78, 5) is 14.2. The van der Waals surface area contributed by atoms with Crippen LogP contribution in [0.25, 0.3) is 0 Å². The number of hydrogen-bond acceptors (Lipinski definition) is 4. The summed E-state index contributed by atoms with van der Waals surface area (Å²) >= 11 is 0. The molecule has 112 valence electrons. The first kappa shape index (κ1) is 16.4. The Bertz CT molecular complexity index is 259. The average molecular weight is 270 g/mol. The molecular formula is C15H30N2O2. The van der Waals surface area contributed by atoms with Gasteiger partial charge >= 0.3 is 5.97 Å². The number of ether oxygens (including phenoxy) is 1. The zero-order valence-corrected chi connectivity index (χ0v) is 12.8. The van der Waals surface area contributed by atoms with E-state index in [1.165, 1.54) is 39.5 Å². The first-order valence-electron chi connectivity index (χ1n) is 7.74. The molecule has 19 heavy (non-hydrogen) atoms. The molecule has 4 heteroatoms. The van der Waals surface area contributed by atoms with E-state index in [9.17, 15) is 4.79 Å². The van der Waals surface area contributed by atoms with Crippen LogP contribution in [0.15, 0.2) is 0 Å². The molecule has 1 heterocycles. The molecule has 1 fully saturated rings. The lowest BCUT2D eigenvalue weighted by atomic mass is 10.0. The topological polar surface area (TPSA) is 41.6 Å². The highest BCUT2D eigenvalue weighted by Gasteiger charge is 2.24. The first-order valence-corrected chi connectivity index (χ1v) is 7.74. The van der Waals surface area contributed by atoms with Crippen molar-refractivity contribution in [2.24, 2.45) is 5.92 Å². The van der Waals surface area contributed by atoms with Gasteiger partial charge < -0.3 is 15.0 Å². The summed E-state index contributed by atoms with van der Waals surface area (Å²) in [5, 5.41) is 3.28. The molecule has 0 saturated carbocycles. The van der Waals surface area contributed by atoms with E-state index in [1.807, 2.05) is 0 Å². The highest BCUT2D eigenvalue weighted by atomic mass is 16.5. The van der Waals surface area contributed by atoms with Gasteiger partial charge in [0.1, 0.15) is 6.04 Å². The van der Waals surface area contributed by atoms with Crippen LogP contribution < -0.4 is 5.32 Å². The Balaban J connectivity index is 2.29. The van der Waals surface area contributed by atoms with Crippen LogP contribution in [0.4, 0.5) is 0 Å². The lowest BCUT2D eigenvalue weighted by Gasteiger charge is -2.20. The predicted molar refractivity (Wildman–Crippen MR) is 78.2 cm³/mol. The zero-order valence-electron chi connectivity index (χ0n) is 12.8. The highest BCUT2D eigenvalue weighted by Crippen LogP contribution is 2.21. The number of carbonyl (C=O) groups is 1. The summed E-state index contributed by atoms with van der Waals surface area (Å²) in [6.45, 7) is 8.62. The van der Waals surface area contributed by atoms with Crippen LogP contribution in [0, 0.1) is 5.92 Å². The van der Waals surface area contributed by atoms with Crippen molar-refractivity contribution in [2.75, 3.05) is 33.3 Å². The van der Waals surface area contributed by atoms with Crippen molar-refractivity contribution in [3.8, 4) is 0 Å². The minimum Gasteiger partial charge on any atom is -0.468 e. The fourth-order valence-electron chi connectivity index (χ4n) is 2.84. The Morgan fingerprint density at radius 1 is 1.42 bits per heavy atom. The van der Waals surface area contributed by atoms with Crippen molar-refractivity contribution in [3.63, 3.8) is 0 Å². The van der Waals surface area contributed by atoms with Crippen LogP contribution in [0.2, 0.25) is 0 Å². The molecule has 1 saturated heterocycles. The maximum Gasteiger partial charge on any atom is 0.322 e. The SMILES string of the molecule is CCCNC(CCN1CCC(CCC)C1)C(=O)OC. The molecule has 0 aromatic heterocycles. The van der Waals surface area contributed by atoms with E-state index in [0.29, 0.717) is 0 Å². The van der Waals surface area contributed by atoms with E-state index in [2.05, 4.69) is 24.1 Å². The van der Waals surface area contributed by atoms with Crippen molar-refractivity contribution in [1.82, 2.24) is 10.2 Å². The second kappa shape index (κ2) is 9.32. The van der Waals surface area contributed by atoms with Gasteiger partial charge in [-0.1, -0.05) is 20.3 Å². The normalized spacial score (nSPS) is 21.5. The third-order valence-electron chi connectivity index (χ3n) is 3.93. The molecule has 4 nitrogen and oxygen atoms in total. The Kier molecular flexibility index (Phi) is 8.07. The van der Waals surface area contributed by atoms with Crippen molar-refractivity contribution in [1.29, 1.82) is 0 Å². The summed E-state index contributed by atoms with van der Waals surface area (Å²) in [6, 6.07) is -0.143. The van der Waals surface area contributed by atoms with E-state index in [4.69, 9.17) is 4.74 Å². The van der Waals surface area contributed by atoms with Crippen molar-refractivity contribution in [3.05, 3.63) is 0 Å². The van der Waals surface area contributed by atoms with Gasteiger partial charge in [-0.2, -0.15) is 0 Å². The van der Waals surface area contributed by atoms with Crippen molar-refractivity contribution < 1.29 is 9.53 Å². The smallest absolute Gasteiger partial charge is 0.322 e. The standard InChI is InChI=1S/C15H30N2O2/c1-4-6-13-7-10-17(12-13)11-8-14(15(18)19-3)16-9-5-2/h13-14,16H,4-12H2,1-3H3. The number of rotatable bonds is 9.